The van der Waals surface area contributed by atoms with E-state index in [1.807, 2.05) is 6.08 Å². The zero-order valence-corrected chi connectivity index (χ0v) is 7.17. The highest BCUT2D eigenvalue weighted by atomic mass is 16.4. The molecule has 0 aliphatic heterocycles. The smallest absolute Gasteiger partial charge is 0.0829 e. The van der Waals surface area contributed by atoms with Crippen molar-refractivity contribution in [3.63, 3.8) is 0 Å². The predicted molar refractivity (Wildman–Crippen MR) is 46.0 cm³/mol. The van der Waals surface area contributed by atoms with E-state index >= 15 is 0 Å². The lowest BCUT2D eigenvalue weighted by molar-refractivity contribution is 0.315. The molecule has 2 nitrogen and oxygen atoms in total. The Balaban J connectivity index is 2.60. The molecular weight excluding hydrogens is 138 g/mol. The molecule has 0 radical (unpaired) electrons. The molecule has 0 bridgehead atoms. The third kappa shape index (κ3) is 1.82. The minimum Gasteiger partial charge on any atom is -0.411 e. The van der Waals surface area contributed by atoms with Crippen molar-refractivity contribution in [1.29, 1.82) is 0 Å². The van der Waals surface area contributed by atoms with Gasteiger partial charge < -0.3 is 5.21 Å². The normalized spacial score (nSPS) is 27.6. The Morgan fingerprint density at radius 3 is 3.00 bits per heavy atom. The van der Waals surface area contributed by atoms with E-state index in [1.54, 1.807) is 0 Å². The van der Waals surface area contributed by atoms with E-state index in [9.17, 15) is 0 Å². The fourth-order valence-corrected chi connectivity index (χ4v) is 1.63. The van der Waals surface area contributed by atoms with Crippen molar-refractivity contribution in [3.8, 4) is 0 Å². The molecule has 0 aromatic carbocycles. The molecule has 0 heterocycles. The van der Waals surface area contributed by atoms with Gasteiger partial charge in [0.1, 0.15) is 0 Å². The lowest BCUT2D eigenvalue weighted by Crippen LogP contribution is -2.06. The summed E-state index contributed by atoms with van der Waals surface area (Å²) in [5.74, 6) is 0.477. The maximum absolute atomic E-state index is 8.62. The van der Waals surface area contributed by atoms with Gasteiger partial charge in [0.25, 0.3) is 0 Å². The van der Waals surface area contributed by atoms with Gasteiger partial charge in [0, 0.05) is 5.92 Å². The van der Waals surface area contributed by atoms with Crippen LogP contribution in [-0.2, 0) is 0 Å². The summed E-state index contributed by atoms with van der Waals surface area (Å²) in [6.45, 7) is 4.24. The molecule has 11 heavy (non-hydrogen) atoms. The second-order valence-electron chi connectivity index (χ2n) is 3.21. The Bertz CT molecular complexity index is 194. The SMILES string of the molecule is CCCC1CC(C)=CC1=NO. The highest BCUT2D eigenvalue weighted by molar-refractivity contribution is 5.99. The molecule has 0 aromatic rings. The molecule has 0 fully saturated rings. The Labute approximate surface area is 67.6 Å². The second-order valence-corrected chi connectivity index (χ2v) is 3.21. The maximum atomic E-state index is 8.62. The number of rotatable bonds is 2. The Hall–Kier alpha value is -0.790. The molecule has 0 saturated carbocycles. The van der Waals surface area contributed by atoms with Crippen molar-refractivity contribution in [1.82, 2.24) is 0 Å². The highest BCUT2D eigenvalue weighted by Gasteiger charge is 2.20. The minimum atomic E-state index is 0.477. The monoisotopic (exact) mass is 153 g/mol. The molecule has 0 saturated heterocycles. The number of allylic oxidation sites excluding steroid dienone is 2. The maximum Gasteiger partial charge on any atom is 0.0829 e. The molecule has 0 amide bonds. The van der Waals surface area contributed by atoms with Crippen LogP contribution in [-0.4, -0.2) is 10.9 Å². The van der Waals surface area contributed by atoms with Gasteiger partial charge in [-0.3, -0.25) is 0 Å². The number of nitrogens with zero attached hydrogens (tertiary/aromatic N) is 1. The first-order chi connectivity index (χ1) is 5.27. The summed E-state index contributed by atoms with van der Waals surface area (Å²) in [6.07, 6.45) is 5.35. The summed E-state index contributed by atoms with van der Waals surface area (Å²) in [5.41, 5.74) is 2.20. The van der Waals surface area contributed by atoms with Crippen LogP contribution in [0.5, 0.6) is 0 Å². The van der Waals surface area contributed by atoms with Gasteiger partial charge in [0.05, 0.1) is 5.71 Å². The molecule has 62 valence electrons. The van der Waals surface area contributed by atoms with E-state index in [4.69, 9.17) is 5.21 Å². The lowest BCUT2D eigenvalue weighted by Gasteiger charge is -2.06. The summed E-state index contributed by atoms with van der Waals surface area (Å²) in [6, 6.07) is 0. The van der Waals surface area contributed by atoms with Crippen molar-refractivity contribution in [3.05, 3.63) is 11.6 Å². The molecule has 1 N–H and O–H groups in total. The van der Waals surface area contributed by atoms with Gasteiger partial charge in [0.2, 0.25) is 0 Å². The van der Waals surface area contributed by atoms with Gasteiger partial charge in [-0.25, -0.2) is 0 Å². The highest BCUT2D eigenvalue weighted by Crippen LogP contribution is 2.25. The lowest BCUT2D eigenvalue weighted by atomic mass is 9.99. The van der Waals surface area contributed by atoms with Crippen molar-refractivity contribution < 1.29 is 5.21 Å². The van der Waals surface area contributed by atoms with Gasteiger partial charge in [-0.15, -0.1) is 0 Å². The van der Waals surface area contributed by atoms with E-state index in [0.717, 1.165) is 25.0 Å². The van der Waals surface area contributed by atoms with Gasteiger partial charge >= 0.3 is 0 Å². The molecule has 1 atom stereocenters. The standard InChI is InChI=1S/C9H15NO/c1-3-4-8-5-7(2)6-9(8)10-11/h6,8,11H,3-5H2,1-2H3. The third-order valence-electron chi connectivity index (χ3n) is 2.13. The van der Waals surface area contributed by atoms with Crippen molar-refractivity contribution in [2.75, 3.05) is 0 Å². The van der Waals surface area contributed by atoms with Gasteiger partial charge in [-0.1, -0.05) is 24.1 Å². The van der Waals surface area contributed by atoms with E-state index in [-0.39, 0.29) is 0 Å². The third-order valence-corrected chi connectivity index (χ3v) is 2.13. The van der Waals surface area contributed by atoms with Gasteiger partial charge in [-0.05, 0) is 25.8 Å². The molecule has 0 spiro atoms. The van der Waals surface area contributed by atoms with Crippen LogP contribution in [0.4, 0.5) is 0 Å². The van der Waals surface area contributed by atoms with E-state index in [1.165, 1.54) is 5.57 Å². The van der Waals surface area contributed by atoms with Crippen LogP contribution in [0.3, 0.4) is 0 Å². The van der Waals surface area contributed by atoms with Crippen LogP contribution in [0.1, 0.15) is 33.1 Å². The quantitative estimate of drug-likeness (QED) is 0.480. The number of oxime groups is 1. The Morgan fingerprint density at radius 2 is 2.45 bits per heavy atom. The number of hydrogen-bond donors (Lipinski definition) is 1. The summed E-state index contributed by atoms with van der Waals surface area (Å²) in [4.78, 5) is 0. The molecule has 1 unspecified atom stereocenters. The van der Waals surface area contributed by atoms with Crippen LogP contribution < -0.4 is 0 Å². The molecule has 2 heteroatoms. The zero-order valence-electron chi connectivity index (χ0n) is 7.17. The van der Waals surface area contributed by atoms with Crippen molar-refractivity contribution in [2.45, 2.75) is 33.1 Å². The average molecular weight is 153 g/mol. The van der Waals surface area contributed by atoms with E-state index < -0.39 is 0 Å². The molecule has 0 aromatic heterocycles. The van der Waals surface area contributed by atoms with Gasteiger partial charge in [0.15, 0.2) is 0 Å². The van der Waals surface area contributed by atoms with Gasteiger partial charge in [-0.2, -0.15) is 0 Å². The Morgan fingerprint density at radius 1 is 1.73 bits per heavy atom. The van der Waals surface area contributed by atoms with Crippen molar-refractivity contribution in [2.24, 2.45) is 11.1 Å². The predicted octanol–water partition coefficient (Wildman–Crippen LogP) is 2.58. The topological polar surface area (TPSA) is 32.6 Å². The first-order valence-electron chi connectivity index (χ1n) is 4.17. The summed E-state index contributed by atoms with van der Waals surface area (Å²) in [7, 11) is 0. The molecular formula is C9H15NO. The summed E-state index contributed by atoms with van der Waals surface area (Å²) in [5, 5.41) is 11.9. The fourth-order valence-electron chi connectivity index (χ4n) is 1.63. The van der Waals surface area contributed by atoms with Crippen LogP contribution in [0.2, 0.25) is 0 Å². The van der Waals surface area contributed by atoms with Crippen LogP contribution >= 0.6 is 0 Å². The van der Waals surface area contributed by atoms with E-state index in [0.29, 0.717) is 5.92 Å². The largest absolute Gasteiger partial charge is 0.411 e. The van der Waals surface area contributed by atoms with Crippen LogP contribution in [0, 0.1) is 5.92 Å². The van der Waals surface area contributed by atoms with Crippen LogP contribution in [0.25, 0.3) is 0 Å². The van der Waals surface area contributed by atoms with E-state index in [2.05, 4.69) is 19.0 Å². The number of hydrogen-bond acceptors (Lipinski definition) is 2. The molecule has 1 aliphatic rings. The summed E-state index contributed by atoms with van der Waals surface area (Å²) >= 11 is 0. The fraction of sp³-hybridized carbons (Fsp3) is 0.667. The molecule has 1 aliphatic carbocycles. The minimum absolute atomic E-state index is 0.477. The van der Waals surface area contributed by atoms with Crippen LogP contribution in [0.15, 0.2) is 16.8 Å². The Kier molecular flexibility index (Phi) is 2.69. The molecule has 1 rings (SSSR count). The summed E-state index contributed by atoms with van der Waals surface area (Å²) < 4.78 is 0. The van der Waals surface area contributed by atoms with Crippen molar-refractivity contribution >= 4 is 5.71 Å². The second kappa shape index (κ2) is 3.56. The first kappa shape index (κ1) is 8.31. The zero-order chi connectivity index (χ0) is 8.27. The average Bonchev–Trinajstić information content (AvgIpc) is 2.32. The first-order valence-corrected chi connectivity index (χ1v) is 4.17.